The number of anilines is 1. The molecule has 1 aliphatic rings. The number of carbonyl (C=O) groups is 3. The van der Waals surface area contributed by atoms with Crippen LogP contribution < -0.4 is 5.32 Å². The van der Waals surface area contributed by atoms with Crippen LogP contribution in [0, 0.1) is 19.7 Å². The molecule has 0 radical (unpaired) electrons. The van der Waals surface area contributed by atoms with E-state index >= 15 is 0 Å². The molecule has 0 saturated carbocycles. The fourth-order valence-electron chi connectivity index (χ4n) is 4.70. The highest BCUT2D eigenvalue weighted by Crippen LogP contribution is 2.38. The Hall–Kier alpha value is -4.26. The first kappa shape index (κ1) is 26.8. The number of nitrogens with one attached hydrogen (secondary N) is 1. The van der Waals surface area contributed by atoms with E-state index in [4.69, 9.17) is 4.74 Å². The van der Waals surface area contributed by atoms with Crippen LogP contribution in [0.4, 0.5) is 10.1 Å². The number of aryl methyl sites for hydroxylation is 2. The topological polar surface area (TPSA) is 75.7 Å². The summed E-state index contributed by atoms with van der Waals surface area (Å²) in [6.07, 6.45) is 0.00188. The highest BCUT2D eigenvalue weighted by atomic mass is 19.1. The maximum Gasteiger partial charge on any atom is 0.336 e. The molecular formula is C31H31FN2O4. The molecule has 6 nitrogen and oxygen atoms in total. The van der Waals surface area contributed by atoms with E-state index in [2.05, 4.69) is 5.32 Å². The normalized spacial score (nSPS) is 15.4. The van der Waals surface area contributed by atoms with Crippen LogP contribution in [-0.4, -0.2) is 29.3 Å². The highest BCUT2D eigenvalue weighted by Gasteiger charge is 2.37. The fourth-order valence-corrected chi connectivity index (χ4v) is 4.70. The summed E-state index contributed by atoms with van der Waals surface area (Å²) in [6.45, 7) is 7.76. The minimum atomic E-state index is -0.608. The number of nitrogens with zero attached hydrogens (tertiary/aromatic N) is 1. The van der Waals surface area contributed by atoms with E-state index in [1.54, 1.807) is 44.2 Å². The van der Waals surface area contributed by atoms with Gasteiger partial charge < -0.3 is 15.0 Å². The van der Waals surface area contributed by atoms with Gasteiger partial charge >= 0.3 is 5.97 Å². The Morgan fingerprint density at radius 1 is 1.00 bits per heavy atom. The number of carbonyl (C=O) groups excluding carboxylic acids is 3. The lowest BCUT2D eigenvalue weighted by atomic mass is 9.83. The molecule has 0 aliphatic carbocycles. The number of esters is 1. The molecule has 2 amide bonds. The molecule has 1 heterocycles. The number of hydrogen-bond donors (Lipinski definition) is 1. The van der Waals surface area contributed by atoms with Gasteiger partial charge in [-0.1, -0.05) is 30.3 Å². The Bertz CT molecular complexity index is 1430. The van der Waals surface area contributed by atoms with Gasteiger partial charge in [-0.15, -0.1) is 0 Å². The van der Waals surface area contributed by atoms with E-state index in [1.165, 1.54) is 17.0 Å². The Labute approximate surface area is 222 Å². The van der Waals surface area contributed by atoms with E-state index < -0.39 is 17.7 Å². The molecule has 0 bridgehead atoms. The van der Waals surface area contributed by atoms with Gasteiger partial charge in [0.2, 0.25) is 5.91 Å². The van der Waals surface area contributed by atoms with Gasteiger partial charge in [0.25, 0.3) is 5.91 Å². The first-order valence-corrected chi connectivity index (χ1v) is 12.6. The third-order valence-corrected chi connectivity index (χ3v) is 6.86. The monoisotopic (exact) mass is 514 g/mol. The molecule has 3 aromatic rings. The van der Waals surface area contributed by atoms with E-state index in [0.29, 0.717) is 28.1 Å². The molecule has 7 heteroatoms. The number of rotatable bonds is 7. The average Bonchev–Trinajstić information content (AvgIpc) is 2.88. The van der Waals surface area contributed by atoms with Crippen LogP contribution in [0.3, 0.4) is 0 Å². The number of hydrogen-bond acceptors (Lipinski definition) is 4. The van der Waals surface area contributed by atoms with Gasteiger partial charge in [-0.3, -0.25) is 9.59 Å². The number of amides is 2. The molecule has 1 aliphatic heterocycles. The number of allylic oxidation sites excluding steroid dienone is 1. The summed E-state index contributed by atoms with van der Waals surface area (Å²) in [7, 11) is 0. The molecule has 0 saturated heterocycles. The van der Waals surface area contributed by atoms with Gasteiger partial charge in [0.05, 0.1) is 18.7 Å². The van der Waals surface area contributed by atoms with Crippen molar-refractivity contribution in [3.63, 3.8) is 0 Å². The number of benzene rings is 3. The largest absolute Gasteiger partial charge is 0.463 e. The predicted octanol–water partition coefficient (Wildman–Crippen LogP) is 6.05. The van der Waals surface area contributed by atoms with Crippen molar-refractivity contribution in [1.82, 2.24) is 4.90 Å². The molecule has 38 heavy (non-hydrogen) atoms. The van der Waals surface area contributed by atoms with E-state index in [0.717, 1.165) is 16.7 Å². The van der Waals surface area contributed by atoms with E-state index in [9.17, 15) is 18.8 Å². The van der Waals surface area contributed by atoms with Crippen LogP contribution in [0.5, 0.6) is 0 Å². The van der Waals surface area contributed by atoms with Gasteiger partial charge in [0, 0.05) is 29.3 Å². The molecule has 4 rings (SSSR count). The molecule has 3 aromatic carbocycles. The van der Waals surface area contributed by atoms with Crippen LogP contribution in [0.2, 0.25) is 0 Å². The molecule has 0 aromatic heterocycles. The van der Waals surface area contributed by atoms with Crippen LogP contribution in [-0.2, 0) is 20.9 Å². The van der Waals surface area contributed by atoms with Crippen molar-refractivity contribution in [3.05, 3.63) is 112 Å². The zero-order chi connectivity index (χ0) is 27.4. The lowest BCUT2D eigenvalue weighted by molar-refractivity contribution is -0.140. The van der Waals surface area contributed by atoms with Crippen LogP contribution in [0.1, 0.15) is 58.8 Å². The Kier molecular flexibility index (Phi) is 8.05. The summed E-state index contributed by atoms with van der Waals surface area (Å²) in [5.41, 5.74) is 5.45. The molecule has 1 N–H and O–H groups in total. The van der Waals surface area contributed by atoms with Crippen molar-refractivity contribution < 1.29 is 23.5 Å². The summed E-state index contributed by atoms with van der Waals surface area (Å²) in [5, 5.41) is 2.92. The lowest BCUT2D eigenvalue weighted by Gasteiger charge is -2.34. The first-order chi connectivity index (χ1) is 18.2. The van der Waals surface area contributed by atoms with Gasteiger partial charge in [0.15, 0.2) is 0 Å². The van der Waals surface area contributed by atoms with Gasteiger partial charge in [-0.2, -0.15) is 0 Å². The third-order valence-electron chi connectivity index (χ3n) is 6.86. The van der Waals surface area contributed by atoms with Crippen molar-refractivity contribution in [2.75, 3.05) is 11.9 Å². The standard InChI is InChI=1S/C31H31FN2O4/c1-5-38-31(37)29-21(4)34(28(35)17-27(29)23-9-7-11-25(32)16-23)18-22-8-6-10-24(15-22)30(36)33-26-13-12-19(2)20(3)14-26/h6-16,27H,5,17-18H2,1-4H3,(H,33,36). The van der Waals surface area contributed by atoms with Crippen molar-refractivity contribution >= 4 is 23.5 Å². The SMILES string of the molecule is CCOC(=O)C1=C(C)N(Cc2cccc(C(=O)Nc3ccc(C)c(C)c3)c2)C(=O)CC1c1cccc(F)c1. The van der Waals surface area contributed by atoms with Crippen LogP contribution >= 0.6 is 0 Å². The van der Waals surface area contributed by atoms with Crippen molar-refractivity contribution in [3.8, 4) is 0 Å². The van der Waals surface area contributed by atoms with Gasteiger partial charge in [0.1, 0.15) is 5.82 Å². The molecule has 1 atom stereocenters. The predicted molar refractivity (Wildman–Crippen MR) is 144 cm³/mol. The highest BCUT2D eigenvalue weighted by molar-refractivity contribution is 6.04. The summed E-state index contributed by atoms with van der Waals surface area (Å²) in [5.74, 6) is -2.03. The summed E-state index contributed by atoms with van der Waals surface area (Å²) in [6, 6.07) is 18.7. The molecule has 196 valence electrons. The number of halogens is 1. The quantitative estimate of drug-likeness (QED) is 0.390. The Balaban J connectivity index is 1.61. The van der Waals surface area contributed by atoms with Gasteiger partial charge in [-0.05, 0) is 86.3 Å². The summed E-state index contributed by atoms with van der Waals surface area (Å²) >= 11 is 0. The fraction of sp³-hybridized carbons (Fsp3) is 0.258. The smallest absolute Gasteiger partial charge is 0.336 e. The van der Waals surface area contributed by atoms with E-state index in [-0.39, 0.29) is 31.4 Å². The molecular weight excluding hydrogens is 483 g/mol. The molecule has 0 fully saturated rings. The minimum absolute atomic E-state index is 0.00188. The molecule has 0 spiro atoms. The average molecular weight is 515 g/mol. The lowest BCUT2D eigenvalue weighted by Crippen LogP contribution is -2.38. The Morgan fingerprint density at radius 3 is 2.47 bits per heavy atom. The van der Waals surface area contributed by atoms with Crippen molar-refractivity contribution in [1.29, 1.82) is 0 Å². The van der Waals surface area contributed by atoms with Crippen LogP contribution in [0.25, 0.3) is 0 Å². The van der Waals surface area contributed by atoms with Crippen LogP contribution in [0.15, 0.2) is 78.0 Å². The third kappa shape index (κ3) is 5.83. The minimum Gasteiger partial charge on any atom is -0.463 e. The second-order valence-electron chi connectivity index (χ2n) is 9.46. The van der Waals surface area contributed by atoms with Crippen molar-refractivity contribution in [2.45, 2.75) is 46.6 Å². The number of ether oxygens (including phenoxy) is 1. The zero-order valence-electron chi connectivity index (χ0n) is 22.0. The maximum atomic E-state index is 14.0. The zero-order valence-corrected chi connectivity index (χ0v) is 22.0. The second kappa shape index (κ2) is 11.4. The molecule has 1 unspecified atom stereocenters. The summed E-state index contributed by atoms with van der Waals surface area (Å²) < 4.78 is 19.3. The Morgan fingerprint density at radius 2 is 1.76 bits per heavy atom. The van der Waals surface area contributed by atoms with Crippen molar-refractivity contribution in [2.24, 2.45) is 0 Å². The maximum absolute atomic E-state index is 14.0. The second-order valence-corrected chi connectivity index (χ2v) is 9.46. The van der Waals surface area contributed by atoms with E-state index in [1.807, 2.05) is 38.1 Å². The first-order valence-electron chi connectivity index (χ1n) is 12.6. The van der Waals surface area contributed by atoms with Gasteiger partial charge in [-0.25, -0.2) is 9.18 Å². The summed E-state index contributed by atoms with van der Waals surface area (Å²) in [4.78, 5) is 40.7.